The van der Waals surface area contributed by atoms with Gasteiger partial charge in [-0.2, -0.15) is 0 Å². The number of amides is 2. The first-order valence-electron chi connectivity index (χ1n) is 10.1. The number of rotatable bonds is 3. The van der Waals surface area contributed by atoms with Crippen molar-refractivity contribution in [2.45, 2.75) is 19.3 Å². The van der Waals surface area contributed by atoms with Crippen LogP contribution in [-0.2, 0) is 0 Å². The van der Waals surface area contributed by atoms with Crippen LogP contribution in [0.4, 0.5) is 10.5 Å². The van der Waals surface area contributed by atoms with Crippen molar-refractivity contribution < 1.29 is 4.79 Å². The van der Waals surface area contributed by atoms with E-state index in [-0.39, 0.29) is 6.03 Å². The number of urea groups is 1. The van der Waals surface area contributed by atoms with Crippen molar-refractivity contribution in [1.29, 1.82) is 0 Å². The highest BCUT2D eigenvalue weighted by Gasteiger charge is 2.35. The third-order valence-electron chi connectivity index (χ3n) is 6.16. The lowest BCUT2D eigenvalue weighted by molar-refractivity contribution is 0.252. The predicted octanol–water partition coefficient (Wildman–Crippen LogP) is 4.56. The number of hydrogen-bond donors (Lipinski definition) is 1. The standard InChI is InChI=1S/C24H20N4O/c29-24-27-12-13-28(24)15-7-8-16-19(9-11-26-21(16)14-15)22-17-4-3-5-18(17)23(22)20-6-1-2-10-25-20/h1-2,6-11,14H,3-5,12-13H2,(H,27,29). The maximum Gasteiger partial charge on any atom is 0.321 e. The zero-order valence-corrected chi connectivity index (χ0v) is 16.0. The molecule has 29 heavy (non-hydrogen) atoms. The molecule has 3 aromatic rings. The van der Waals surface area contributed by atoms with E-state index < -0.39 is 0 Å². The largest absolute Gasteiger partial charge is 0.336 e. The molecule has 6 rings (SSSR count). The Kier molecular flexibility index (Phi) is 3.57. The minimum Gasteiger partial charge on any atom is -0.336 e. The van der Waals surface area contributed by atoms with Gasteiger partial charge in [0, 0.05) is 42.1 Å². The molecule has 1 fully saturated rings. The number of carbonyl (C=O) groups excluding carboxylic acids is 1. The molecule has 142 valence electrons. The Labute approximate surface area is 168 Å². The quantitative estimate of drug-likeness (QED) is 0.724. The normalized spacial score (nSPS) is 18.3. The number of nitrogens with zero attached hydrogens (tertiary/aromatic N) is 3. The summed E-state index contributed by atoms with van der Waals surface area (Å²) < 4.78 is 0. The fourth-order valence-electron chi connectivity index (χ4n) is 4.87. The average Bonchev–Trinajstić information content (AvgIpc) is 3.35. The van der Waals surface area contributed by atoms with Gasteiger partial charge >= 0.3 is 6.03 Å². The number of aromatic nitrogens is 2. The Balaban J connectivity index is 1.50. The molecule has 0 bridgehead atoms. The predicted molar refractivity (Wildman–Crippen MR) is 114 cm³/mol. The second kappa shape index (κ2) is 6.27. The second-order valence-corrected chi connectivity index (χ2v) is 7.72. The molecule has 2 amide bonds. The smallest absolute Gasteiger partial charge is 0.321 e. The van der Waals surface area contributed by atoms with Crippen LogP contribution in [0.5, 0.6) is 0 Å². The Hall–Kier alpha value is -3.47. The van der Waals surface area contributed by atoms with Crippen LogP contribution in [0.25, 0.3) is 22.0 Å². The van der Waals surface area contributed by atoms with E-state index in [9.17, 15) is 4.79 Å². The van der Waals surface area contributed by atoms with Crippen LogP contribution in [-0.4, -0.2) is 29.1 Å². The van der Waals surface area contributed by atoms with Gasteiger partial charge in [0.05, 0.1) is 11.2 Å². The molecule has 2 aromatic heterocycles. The lowest BCUT2D eigenvalue weighted by atomic mass is 9.76. The van der Waals surface area contributed by atoms with Crippen molar-refractivity contribution in [2.75, 3.05) is 18.0 Å². The molecular weight excluding hydrogens is 360 g/mol. The maximum atomic E-state index is 12.0. The van der Waals surface area contributed by atoms with E-state index in [1.807, 2.05) is 30.6 Å². The van der Waals surface area contributed by atoms with Crippen molar-refractivity contribution in [3.63, 3.8) is 0 Å². The molecule has 5 heteroatoms. The Morgan fingerprint density at radius 2 is 1.83 bits per heavy atom. The van der Waals surface area contributed by atoms with Gasteiger partial charge in [-0.05, 0) is 71.9 Å². The van der Waals surface area contributed by atoms with Gasteiger partial charge in [0.25, 0.3) is 0 Å². The number of carbonyl (C=O) groups is 1. The zero-order chi connectivity index (χ0) is 19.4. The number of fused-ring (bicyclic) bond motifs is 1. The number of hydrogen-bond acceptors (Lipinski definition) is 3. The molecule has 1 aromatic carbocycles. The molecule has 3 aliphatic rings. The molecule has 1 N–H and O–H groups in total. The SMILES string of the molecule is O=C1NCCN1c1ccc2c(C3=C(c4ccccn4)C4=C3CCC4)ccnc2c1. The summed E-state index contributed by atoms with van der Waals surface area (Å²) in [6.45, 7) is 1.37. The number of benzene rings is 1. The van der Waals surface area contributed by atoms with Gasteiger partial charge in [-0.1, -0.05) is 12.1 Å². The summed E-state index contributed by atoms with van der Waals surface area (Å²) in [6.07, 6.45) is 7.23. The van der Waals surface area contributed by atoms with Crippen LogP contribution >= 0.6 is 0 Å². The Morgan fingerprint density at radius 3 is 2.62 bits per heavy atom. The molecular formula is C24H20N4O. The molecule has 0 spiro atoms. The van der Waals surface area contributed by atoms with Gasteiger partial charge in [0.1, 0.15) is 0 Å². The summed E-state index contributed by atoms with van der Waals surface area (Å²) in [4.78, 5) is 23.1. The summed E-state index contributed by atoms with van der Waals surface area (Å²) in [7, 11) is 0. The summed E-state index contributed by atoms with van der Waals surface area (Å²) in [5.74, 6) is 0. The first kappa shape index (κ1) is 16.5. The van der Waals surface area contributed by atoms with Gasteiger partial charge < -0.3 is 5.32 Å². The molecule has 2 aliphatic carbocycles. The first-order valence-corrected chi connectivity index (χ1v) is 10.1. The third-order valence-corrected chi connectivity index (χ3v) is 6.16. The van der Waals surface area contributed by atoms with Crippen molar-refractivity contribution in [2.24, 2.45) is 0 Å². The summed E-state index contributed by atoms with van der Waals surface area (Å²) in [6, 6.07) is 14.4. The molecule has 1 saturated heterocycles. The van der Waals surface area contributed by atoms with Crippen molar-refractivity contribution in [3.05, 3.63) is 77.3 Å². The van der Waals surface area contributed by atoms with Gasteiger partial charge in [0.2, 0.25) is 0 Å². The van der Waals surface area contributed by atoms with Crippen LogP contribution in [0.1, 0.15) is 30.5 Å². The van der Waals surface area contributed by atoms with Gasteiger partial charge in [-0.15, -0.1) is 0 Å². The fraction of sp³-hybridized carbons (Fsp3) is 0.208. The van der Waals surface area contributed by atoms with E-state index in [1.54, 1.807) is 4.90 Å². The topological polar surface area (TPSA) is 58.1 Å². The molecule has 5 nitrogen and oxygen atoms in total. The molecule has 0 unspecified atom stereocenters. The van der Waals surface area contributed by atoms with Crippen LogP contribution in [0.15, 0.2) is 66.0 Å². The highest BCUT2D eigenvalue weighted by atomic mass is 16.2. The van der Waals surface area contributed by atoms with Gasteiger partial charge in [-0.3, -0.25) is 14.9 Å². The lowest BCUT2D eigenvalue weighted by Crippen LogP contribution is -2.27. The summed E-state index contributed by atoms with van der Waals surface area (Å²) >= 11 is 0. The number of nitrogens with one attached hydrogen (secondary N) is 1. The monoisotopic (exact) mass is 380 g/mol. The average molecular weight is 380 g/mol. The molecule has 3 heterocycles. The van der Waals surface area contributed by atoms with E-state index in [2.05, 4.69) is 39.6 Å². The van der Waals surface area contributed by atoms with E-state index in [4.69, 9.17) is 0 Å². The minimum atomic E-state index is -0.0413. The second-order valence-electron chi connectivity index (χ2n) is 7.72. The van der Waals surface area contributed by atoms with E-state index >= 15 is 0 Å². The molecule has 0 atom stereocenters. The third kappa shape index (κ3) is 2.43. The van der Waals surface area contributed by atoms with Crippen molar-refractivity contribution in [1.82, 2.24) is 15.3 Å². The number of pyridine rings is 2. The number of anilines is 1. The van der Waals surface area contributed by atoms with E-state index in [1.165, 1.54) is 34.3 Å². The highest BCUT2D eigenvalue weighted by molar-refractivity contribution is 6.16. The van der Waals surface area contributed by atoms with Crippen LogP contribution < -0.4 is 10.2 Å². The number of allylic oxidation sites excluding steroid dienone is 4. The minimum absolute atomic E-state index is 0.0413. The first-order chi connectivity index (χ1) is 14.3. The molecule has 0 radical (unpaired) electrons. The maximum absolute atomic E-state index is 12.0. The van der Waals surface area contributed by atoms with E-state index in [0.717, 1.165) is 35.1 Å². The zero-order valence-electron chi connectivity index (χ0n) is 16.0. The molecule has 1 aliphatic heterocycles. The van der Waals surface area contributed by atoms with Crippen LogP contribution in [0.2, 0.25) is 0 Å². The molecule has 0 saturated carbocycles. The van der Waals surface area contributed by atoms with Gasteiger partial charge in [-0.25, -0.2) is 4.79 Å². The summed E-state index contributed by atoms with van der Waals surface area (Å²) in [5, 5.41) is 3.98. The van der Waals surface area contributed by atoms with Crippen molar-refractivity contribution in [3.8, 4) is 0 Å². The highest BCUT2D eigenvalue weighted by Crippen LogP contribution is 2.55. The van der Waals surface area contributed by atoms with E-state index in [0.29, 0.717) is 13.1 Å². The summed E-state index contributed by atoms with van der Waals surface area (Å²) in [5.41, 5.74) is 9.68. The van der Waals surface area contributed by atoms with Crippen LogP contribution in [0, 0.1) is 0 Å². The van der Waals surface area contributed by atoms with Crippen LogP contribution in [0.3, 0.4) is 0 Å². The van der Waals surface area contributed by atoms with Crippen molar-refractivity contribution >= 4 is 33.8 Å². The fourth-order valence-corrected chi connectivity index (χ4v) is 4.87. The lowest BCUT2D eigenvalue weighted by Gasteiger charge is -2.28. The Morgan fingerprint density at radius 1 is 0.931 bits per heavy atom. The van der Waals surface area contributed by atoms with Gasteiger partial charge in [0.15, 0.2) is 0 Å². The Bertz CT molecular complexity index is 1230.